The van der Waals surface area contributed by atoms with E-state index in [0.717, 1.165) is 6.08 Å². The summed E-state index contributed by atoms with van der Waals surface area (Å²) in [6, 6.07) is 1.49. The van der Waals surface area contributed by atoms with Gasteiger partial charge in [-0.25, -0.2) is 4.79 Å². The van der Waals surface area contributed by atoms with Gasteiger partial charge in [-0.15, -0.1) is 0 Å². The molecule has 0 saturated carbocycles. The summed E-state index contributed by atoms with van der Waals surface area (Å²) < 4.78 is 4.35. The number of hydrogen-bond acceptors (Lipinski definition) is 4. The van der Waals surface area contributed by atoms with Crippen molar-refractivity contribution in [2.24, 2.45) is 0 Å². The summed E-state index contributed by atoms with van der Waals surface area (Å²) in [4.78, 5) is 10.4. The second-order valence-electron chi connectivity index (χ2n) is 1.38. The molecule has 55 valence electrons. The number of aliphatic hydroxyl groups is 1. The number of nitriles is 1. The minimum Gasteiger partial charge on any atom is -0.501 e. The molecule has 0 aromatic rings. The van der Waals surface area contributed by atoms with Gasteiger partial charge in [-0.05, 0) is 6.92 Å². The van der Waals surface area contributed by atoms with E-state index < -0.39 is 11.7 Å². The van der Waals surface area contributed by atoms with E-state index in [1.807, 2.05) is 0 Å². The maximum absolute atomic E-state index is 10.4. The summed E-state index contributed by atoms with van der Waals surface area (Å²) in [5.41, 5.74) is 0. The van der Waals surface area contributed by atoms with Gasteiger partial charge in [0.05, 0.1) is 18.8 Å². The molecule has 0 aliphatic heterocycles. The first-order valence-corrected chi connectivity index (χ1v) is 2.68. The van der Waals surface area contributed by atoms with Crippen LogP contribution in [0.1, 0.15) is 6.92 Å². The number of ether oxygens (including phenoxy) is 1. The molecule has 0 atom stereocenters. The zero-order chi connectivity index (χ0) is 7.98. The predicted octanol–water partition coefficient (Wildman–Crippen LogP) is 0.134. The maximum atomic E-state index is 10.4. The van der Waals surface area contributed by atoms with Gasteiger partial charge in [0.1, 0.15) is 0 Å². The standard InChI is InChI=1S/C6H7NO3.Na/c1-2-10-6(9)5(8)3-4-7;/h3,8H,2H2,1H3;/b5-3-;. The molecule has 0 aromatic heterocycles. The topological polar surface area (TPSA) is 70.3 Å². The third kappa shape index (κ3) is 5.92. The molecule has 0 unspecified atom stereocenters. The van der Waals surface area contributed by atoms with E-state index in [1.54, 1.807) is 6.92 Å². The van der Waals surface area contributed by atoms with Gasteiger partial charge in [0.15, 0.2) is 0 Å². The van der Waals surface area contributed by atoms with Gasteiger partial charge in [-0.3, -0.25) is 0 Å². The number of nitrogens with zero attached hydrogens (tertiary/aromatic N) is 1. The van der Waals surface area contributed by atoms with Gasteiger partial charge in [0.25, 0.3) is 0 Å². The van der Waals surface area contributed by atoms with Gasteiger partial charge < -0.3 is 9.84 Å². The molecule has 0 heterocycles. The maximum Gasteiger partial charge on any atom is 0.374 e. The largest absolute Gasteiger partial charge is 0.501 e. The van der Waals surface area contributed by atoms with E-state index >= 15 is 0 Å². The van der Waals surface area contributed by atoms with Crippen LogP contribution in [0, 0.1) is 11.3 Å². The van der Waals surface area contributed by atoms with E-state index in [9.17, 15) is 4.79 Å². The smallest absolute Gasteiger partial charge is 0.374 e. The molecule has 0 fully saturated rings. The molecule has 4 nitrogen and oxygen atoms in total. The van der Waals surface area contributed by atoms with E-state index in [4.69, 9.17) is 10.4 Å². The molecule has 0 bridgehead atoms. The summed E-state index contributed by atoms with van der Waals surface area (Å²) >= 11 is 0. The Morgan fingerprint density at radius 1 is 1.82 bits per heavy atom. The van der Waals surface area contributed by atoms with Crippen molar-refractivity contribution in [2.45, 2.75) is 6.92 Å². The van der Waals surface area contributed by atoms with Crippen LogP contribution in [-0.2, 0) is 9.53 Å². The van der Waals surface area contributed by atoms with Crippen LogP contribution in [0.15, 0.2) is 11.8 Å². The van der Waals surface area contributed by atoms with Gasteiger partial charge in [-0.2, -0.15) is 5.26 Å². The molecule has 11 heavy (non-hydrogen) atoms. The number of carbonyl (C=O) groups excluding carboxylic acids is 1. The van der Waals surface area contributed by atoms with Crippen LogP contribution in [0.5, 0.6) is 0 Å². The van der Waals surface area contributed by atoms with Crippen LogP contribution in [0.2, 0.25) is 0 Å². The van der Waals surface area contributed by atoms with Crippen molar-refractivity contribution in [2.75, 3.05) is 6.61 Å². The van der Waals surface area contributed by atoms with E-state index in [1.165, 1.54) is 6.07 Å². The Morgan fingerprint density at radius 3 is 2.73 bits per heavy atom. The van der Waals surface area contributed by atoms with Crippen LogP contribution in [-0.4, -0.2) is 47.2 Å². The van der Waals surface area contributed by atoms with Gasteiger partial charge in [0.2, 0.25) is 5.76 Å². The van der Waals surface area contributed by atoms with Crippen LogP contribution in [0.25, 0.3) is 0 Å². The molecular weight excluding hydrogens is 157 g/mol. The number of esters is 1. The minimum atomic E-state index is -0.871. The Morgan fingerprint density at radius 2 is 2.36 bits per heavy atom. The molecule has 5 heteroatoms. The van der Waals surface area contributed by atoms with E-state index in [0.29, 0.717) is 0 Å². The molecule has 0 saturated heterocycles. The van der Waals surface area contributed by atoms with Crippen LogP contribution in [0.3, 0.4) is 0 Å². The Hall–Kier alpha value is -0.500. The van der Waals surface area contributed by atoms with Crippen molar-refractivity contribution >= 4 is 35.5 Å². The Kier molecular flexibility index (Phi) is 9.07. The van der Waals surface area contributed by atoms with Crippen LogP contribution >= 0.6 is 0 Å². The first-order chi connectivity index (χ1) is 4.72. The molecule has 0 aliphatic rings. The average Bonchev–Trinajstić information content (AvgIpc) is 1.89. The van der Waals surface area contributed by atoms with Crippen LogP contribution < -0.4 is 0 Å². The molecular formula is C6H7NNaO3. The zero-order valence-electron chi connectivity index (χ0n) is 6.50. The van der Waals surface area contributed by atoms with E-state index in [2.05, 4.69) is 4.74 Å². The summed E-state index contributed by atoms with van der Waals surface area (Å²) in [7, 11) is 0. The summed E-state index contributed by atoms with van der Waals surface area (Å²) in [5, 5.41) is 16.6. The van der Waals surface area contributed by atoms with Gasteiger partial charge in [0, 0.05) is 29.6 Å². The second-order valence-corrected chi connectivity index (χ2v) is 1.38. The van der Waals surface area contributed by atoms with Crippen molar-refractivity contribution in [3.05, 3.63) is 11.8 Å². The number of carbonyl (C=O) groups is 1. The second kappa shape index (κ2) is 7.61. The first-order valence-electron chi connectivity index (χ1n) is 2.68. The zero-order valence-corrected chi connectivity index (χ0v) is 8.50. The van der Waals surface area contributed by atoms with Crippen molar-refractivity contribution in [3.63, 3.8) is 0 Å². The van der Waals surface area contributed by atoms with Gasteiger partial charge in [-0.1, -0.05) is 0 Å². The Labute approximate surface area is 86.7 Å². The van der Waals surface area contributed by atoms with Crippen molar-refractivity contribution in [3.8, 4) is 6.07 Å². The number of allylic oxidation sites excluding steroid dienone is 1. The summed E-state index contributed by atoms with van der Waals surface area (Å²) in [5.74, 6) is -1.53. The van der Waals surface area contributed by atoms with Crippen molar-refractivity contribution in [1.29, 1.82) is 5.26 Å². The van der Waals surface area contributed by atoms with Crippen molar-refractivity contribution in [1.82, 2.24) is 0 Å². The number of hydrogen-bond donors (Lipinski definition) is 1. The third-order valence-corrected chi connectivity index (χ3v) is 0.686. The SMILES string of the molecule is CCOC(=O)/C(O)=C/C#N.[Na]. The number of rotatable bonds is 2. The number of aliphatic hydroxyl groups excluding tert-OH is 1. The quantitative estimate of drug-likeness (QED) is 0.207. The van der Waals surface area contributed by atoms with Crippen LogP contribution in [0.4, 0.5) is 0 Å². The van der Waals surface area contributed by atoms with Gasteiger partial charge >= 0.3 is 5.97 Å². The average molecular weight is 164 g/mol. The molecule has 1 radical (unpaired) electrons. The molecule has 0 amide bonds. The fourth-order valence-electron chi connectivity index (χ4n) is 0.325. The monoisotopic (exact) mass is 164 g/mol. The van der Waals surface area contributed by atoms with Crippen molar-refractivity contribution < 1.29 is 14.6 Å². The normalized spacial score (nSPS) is 9.27. The first kappa shape index (κ1) is 13.1. The molecule has 0 aliphatic carbocycles. The third-order valence-electron chi connectivity index (χ3n) is 0.686. The fourth-order valence-corrected chi connectivity index (χ4v) is 0.325. The molecule has 1 N–H and O–H groups in total. The molecule has 0 aromatic carbocycles. The summed E-state index contributed by atoms with van der Waals surface area (Å²) in [6.07, 6.45) is 0.720. The summed E-state index contributed by atoms with van der Waals surface area (Å²) in [6.45, 7) is 1.79. The molecule has 0 spiro atoms. The predicted molar refractivity (Wildman–Crippen MR) is 38.7 cm³/mol. The van der Waals surface area contributed by atoms with E-state index in [-0.39, 0.29) is 36.2 Å². The molecule has 0 rings (SSSR count). The minimum absolute atomic E-state index is 0. The Balaban J connectivity index is 0. The fraction of sp³-hybridized carbons (Fsp3) is 0.333. The Bertz CT molecular complexity index is 194.